The summed E-state index contributed by atoms with van der Waals surface area (Å²) in [5.41, 5.74) is 0.546. The van der Waals surface area contributed by atoms with Crippen molar-refractivity contribution in [3.63, 3.8) is 0 Å². The average molecular weight is 241 g/mol. The second kappa shape index (κ2) is 7.38. The van der Waals surface area contributed by atoms with Crippen LogP contribution in [0.15, 0.2) is 0 Å². The minimum atomic E-state index is 0.546. The van der Waals surface area contributed by atoms with Crippen molar-refractivity contribution in [2.45, 2.75) is 65.8 Å². The highest BCUT2D eigenvalue weighted by Gasteiger charge is 2.27. The molecule has 1 saturated carbocycles. The van der Waals surface area contributed by atoms with E-state index in [4.69, 9.17) is 4.74 Å². The van der Waals surface area contributed by atoms with Crippen LogP contribution in [0.5, 0.6) is 0 Å². The summed E-state index contributed by atoms with van der Waals surface area (Å²) in [5.74, 6) is 0.655. The van der Waals surface area contributed by atoms with Crippen molar-refractivity contribution >= 4 is 0 Å². The summed E-state index contributed by atoms with van der Waals surface area (Å²) in [4.78, 5) is 0. The van der Waals surface area contributed by atoms with Gasteiger partial charge in [-0.25, -0.2) is 0 Å². The first-order chi connectivity index (χ1) is 7.99. The molecule has 1 unspecified atom stereocenters. The lowest BCUT2D eigenvalue weighted by Gasteiger charge is -2.35. The van der Waals surface area contributed by atoms with Crippen molar-refractivity contribution in [1.82, 2.24) is 5.32 Å². The third-order valence-electron chi connectivity index (χ3n) is 3.55. The van der Waals surface area contributed by atoms with Crippen LogP contribution in [0.25, 0.3) is 0 Å². The van der Waals surface area contributed by atoms with Gasteiger partial charge in [-0.05, 0) is 43.6 Å². The summed E-state index contributed by atoms with van der Waals surface area (Å²) < 4.78 is 5.59. The topological polar surface area (TPSA) is 21.3 Å². The Morgan fingerprint density at radius 2 is 2.12 bits per heavy atom. The molecule has 1 aliphatic carbocycles. The SMILES string of the molecule is CC(C)COCCCNC1CCCC(C)(C)C1. The van der Waals surface area contributed by atoms with Gasteiger partial charge in [0.1, 0.15) is 0 Å². The molecule has 1 rings (SSSR count). The van der Waals surface area contributed by atoms with Crippen molar-refractivity contribution in [2.75, 3.05) is 19.8 Å². The molecule has 0 spiro atoms. The summed E-state index contributed by atoms with van der Waals surface area (Å²) in [7, 11) is 0. The lowest BCUT2D eigenvalue weighted by atomic mass is 9.75. The number of hydrogen-bond donors (Lipinski definition) is 1. The van der Waals surface area contributed by atoms with Crippen molar-refractivity contribution < 1.29 is 4.74 Å². The first-order valence-electron chi connectivity index (χ1n) is 7.31. The zero-order valence-corrected chi connectivity index (χ0v) is 12.2. The molecule has 0 aliphatic heterocycles. The first kappa shape index (κ1) is 15.0. The van der Waals surface area contributed by atoms with E-state index in [1.165, 1.54) is 25.7 Å². The molecule has 1 atom stereocenters. The average Bonchev–Trinajstić information content (AvgIpc) is 2.21. The van der Waals surface area contributed by atoms with Gasteiger partial charge >= 0.3 is 0 Å². The fourth-order valence-corrected chi connectivity index (χ4v) is 2.67. The Bertz CT molecular complexity index is 201. The molecule has 0 bridgehead atoms. The van der Waals surface area contributed by atoms with E-state index in [1.807, 2.05) is 0 Å². The summed E-state index contributed by atoms with van der Waals surface area (Å²) in [5, 5.41) is 3.69. The first-order valence-corrected chi connectivity index (χ1v) is 7.31. The minimum Gasteiger partial charge on any atom is -0.381 e. The van der Waals surface area contributed by atoms with E-state index in [9.17, 15) is 0 Å². The Morgan fingerprint density at radius 1 is 1.35 bits per heavy atom. The van der Waals surface area contributed by atoms with Crippen molar-refractivity contribution in [2.24, 2.45) is 11.3 Å². The lowest BCUT2D eigenvalue weighted by Crippen LogP contribution is -2.37. The van der Waals surface area contributed by atoms with Crippen LogP contribution in [0, 0.1) is 11.3 Å². The van der Waals surface area contributed by atoms with Gasteiger partial charge in [0.15, 0.2) is 0 Å². The Labute approximate surface area is 108 Å². The molecule has 1 fully saturated rings. The molecule has 2 nitrogen and oxygen atoms in total. The van der Waals surface area contributed by atoms with Crippen LogP contribution in [-0.4, -0.2) is 25.8 Å². The molecule has 0 aromatic rings. The van der Waals surface area contributed by atoms with Crippen LogP contribution in [0.1, 0.15) is 59.8 Å². The van der Waals surface area contributed by atoms with Gasteiger partial charge in [0.05, 0.1) is 0 Å². The third kappa shape index (κ3) is 7.05. The second-order valence-electron chi connectivity index (χ2n) is 6.73. The highest BCUT2D eigenvalue weighted by molar-refractivity contribution is 4.83. The van der Waals surface area contributed by atoms with E-state index >= 15 is 0 Å². The Kier molecular flexibility index (Phi) is 6.50. The van der Waals surface area contributed by atoms with E-state index < -0.39 is 0 Å². The normalized spacial score (nSPS) is 24.2. The number of ether oxygens (including phenoxy) is 1. The maximum Gasteiger partial charge on any atom is 0.0489 e. The molecule has 0 aromatic heterocycles. The monoisotopic (exact) mass is 241 g/mol. The molecule has 1 aliphatic rings. The maximum atomic E-state index is 5.59. The van der Waals surface area contributed by atoms with Gasteiger partial charge in [-0.2, -0.15) is 0 Å². The smallest absolute Gasteiger partial charge is 0.0489 e. The molecular weight excluding hydrogens is 210 g/mol. The molecular formula is C15H31NO. The van der Waals surface area contributed by atoms with Gasteiger partial charge in [-0.1, -0.05) is 34.1 Å². The summed E-state index contributed by atoms with van der Waals surface area (Å²) >= 11 is 0. The third-order valence-corrected chi connectivity index (χ3v) is 3.55. The minimum absolute atomic E-state index is 0.546. The van der Waals surface area contributed by atoms with Gasteiger partial charge in [-0.3, -0.25) is 0 Å². The lowest BCUT2D eigenvalue weighted by molar-refractivity contribution is 0.106. The van der Waals surface area contributed by atoms with Crippen LogP contribution >= 0.6 is 0 Å². The van der Waals surface area contributed by atoms with E-state index in [1.54, 1.807) is 0 Å². The quantitative estimate of drug-likeness (QED) is 0.688. The molecule has 17 heavy (non-hydrogen) atoms. The van der Waals surface area contributed by atoms with Gasteiger partial charge < -0.3 is 10.1 Å². The van der Waals surface area contributed by atoms with E-state index in [0.717, 1.165) is 32.2 Å². The van der Waals surface area contributed by atoms with E-state index in [2.05, 4.69) is 33.0 Å². The molecule has 0 amide bonds. The molecule has 102 valence electrons. The Balaban J connectivity index is 1.99. The molecule has 0 heterocycles. The van der Waals surface area contributed by atoms with Crippen molar-refractivity contribution in [1.29, 1.82) is 0 Å². The predicted molar refractivity (Wildman–Crippen MR) is 74.3 cm³/mol. The van der Waals surface area contributed by atoms with Gasteiger partial charge in [0.25, 0.3) is 0 Å². The van der Waals surface area contributed by atoms with Crippen LogP contribution < -0.4 is 5.32 Å². The van der Waals surface area contributed by atoms with Gasteiger partial charge in [0.2, 0.25) is 0 Å². The zero-order chi connectivity index (χ0) is 12.7. The molecule has 0 aromatic carbocycles. The second-order valence-corrected chi connectivity index (χ2v) is 6.73. The summed E-state index contributed by atoms with van der Waals surface area (Å²) in [6, 6.07) is 0.740. The molecule has 0 saturated heterocycles. The maximum absolute atomic E-state index is 5.59. The Morgan fingerprint density at radius 3 is 2.76 bits per heavy atom. The van der Waals surface area contributed by atoms with E-state index in [0.29, 0.717) is 11.3 Å². The number of hydrogen-bond acceptors (Lipinski definition) is 2. The Hall–Kier alpha value is -0.0800. The van der Waals surface area contributed by atoms with Crippen LogP contribution in [0.2, 0.25) is 0 Å². The number of nitrogens with one attached hydrogen (secondary N) is 1. The highest BCUT2D eigenvalue weighted by Crippen LogP contribution is 2.34. The van der Waals surface area contributed by atoms with Gasteiger partial charge in [0, 0.05) is 19.3 Å². The van der Waals surface area contributed by atoms with Gasteiger partial charge in [-0.15, -0.1) is 0 Å². The predicted octanol–water partition coefficient (Wildman–Crippen LogP) is 3.61. The fourth-order valence-electron chi connectivity index (χ4n) is 2.67. The summed E-state index contributed by atoms with van der Waals surface area (Å²) in [6.07, 6.45) is 6.61. The van der Waals surface area contributed by atoms with E-state index in [-0.39, 0.29) is 0 Å². The highest BCUT2D eigenvalue weighted by atomic mass is 16.5. The molecule has 1 N–H and O–H groups in total. The van der Waals surface area contributed by atoms with Crippen LogP contribution in [-0.2, 0) is 4.74 Å². The van der Waals surface area contributed by atoms with Crippen molar-refractivity contribution in [3.05, 3.63) is 0 Å². The fraction of sp³-hybridized carbons (Fsp3) is 1.00. The molecule has 0 radical (unpaired) electrons. The molecule has 2 heteroatoms. The largest absolute Gasteiger partial charge is 0.381 e. The van der Waals surface area contributed by atoms with Crippen LogP contribution in [0.4, 0.5) is 0 Å². The number of rotatable bonds is 7. The van der Waals surface area contributed by atoms with Crippen LogP contribution in [0.3, 0.4) is 0 Å². The zero-order valence-electron chi connectivity index (χ0n) is 12.2. The summed E-state index contributed by atoms with van der Waals surface area (Å²) in [6.45, 7) is 12.1. The standard InChI is InChI=1S/C15H31NO/c1-13(2)12-17-10-6-9-16-14-7-5-8-15(3,4)11-14/h13-14,16H,5-12H2,1-4H3. The van der Waals surface area contributed by atoms with Crippen molar-refractivity contribution in [3.8, 4) is 0 Å².